The van der Waals surface area contributed by atoms with Crippen molar-refractivity contribution in [2.75, 3.05) is 0 Å². The minimum atomic E-state index is 0.0450. The van der Waals surface area contributed by atoms with Crippen molar-refractivity contribution >= 4 is 5.78 Å². The molecule has 0 rings (SSSR count). The zero-order chi connectivity index (χ0) is 13.5. The largest absolute Gasteiger partial charge is 0.285 e. The fourth-order valence-corrected chi connectivity index (χ4v) is 1.30. The maximum Gasteiger partial charge on any atom is 0.205 e. The fraction of sp³-hybridized carbons (Fsp3) is 0.353. The van der Waals surface area contributed by atoms with Gasteiger partial charge in [-0.05, 0) is 31.6 Å². The van der Waals surface area contributed by atoms with Crippen LogP contribution in [0.5, 0.6) is 0 Å². The van der Waals surface area contributed by atoms with Crippen molar-refractivity contribution in [1.29, 1.82) is 0 Å². The van der Waals surface area contributed by atoms with Crippen molar-refractivity contribution in [2.24, 2.45) is 0 Å². The third-order valence-corrected chi connectivity index (χ3v) is 2.22. The third-order valence-electron chi connectivity index (χ3n) is 2.22. The van der Waals surface area contributed by atoms with Crippen LogP contribution in [0.25, 0.3) is 0 Å². The normalized spacial score (nSPS) is 10.2. The molecule has 0 amide bonds. The van der Waals surface area contributed by atoms with Crippen molar-refractivity contribution in [3.05, 3.63) is 49.6 Å². The van der Waals surface area contributed by atoms with Crippen molar-refractivity contribution in [3.63, 3.8) is 0 Å². The van der Waals surface area contributed by atoms with E-state index in [1.807, 2.05) is 18.2 Å². The molecular formula is C17H22O. The van der Waals surface area contributed by atoms with E-state index in [0.717, 1.165) is 32.1 Å². The molecule has 0 spiro atoms. The Balaban J connectivity index is 3.56. The predicted molar refractivity (Wildman–Crippen MR) is 79.2 cm³/mol. The Morgan fingerprint density at radius 3 is 2.22 bits per heavy atom. The van der Waals surface area contributed by atoms with E-state index in [0.29, 0.717) is 6.42 Å². The lowest BCUT2D eigenvalue weighted by molar-refractivity contribution is -0.113. The van der Waals surface area contributed by atoms with Crippen LogP contribution in [0, 0.1) is 11.8 Å². The number of hydrogen-bond donors (Lipinski definition) is 0. The Labute approximate surface area is 111 Å². The molecule has 18 heavy (non-hydrogen) atoms. The van der Waals surface area contributed by atoms with Gasteiger partial charge in [0.2, 0.25) is 5.78 Å². The van der Waals surface area contributed by atoms with E-state index in [9.17, 15) is 4.79 Å². The highest BCUT2D eigenvalue weighted by Gasteiger charge is 1.94. The number of rotatable bonds is 9. The summed E-state index contributed by atoms with van der Waals surface area (Å²) in [5.41, 5.74) is 0. The molecule has 0 aromatic heterocycles. The third kappa shape index (κ3) is 12.3. The van der Waals surface area contributed by atoms with Crippen LogP contribution in [0.4, 0.5) is 0 Å². The lowest BCUT2D eigenvalue weighted by Gasteiger charge is -1.90. The average Bonchev–Trinajstić information content (AvgIpc) is 2.37. The first kappa shape index (κ1) is 16.2. The SMILES string of the molecule is C=C/C=C\CCCC#CC(=O)CCC/C=C/C=C. The summed E-state index contributed by atoms with van der Waals surface area (Å²) in [4.78, 5) is 11.4. The molecule has 0 N–H and O–H groups in total. The summed E-state index contributed by atoms with van der Waals surface area (Å²) in [7, 11) is 0. The van der Waals surface area contributed by atoms with Gasteiger partial charge in [-0.25, -0.2) is 0 Å². The standard InChI is InChI=1S/C17H22O/c1-3-5-7-9-10-12-14-16-17(18)15-13-11-8-6-4-2/h3-8H,1-2,9-13,15H2/b7-5-,8-6+. The average molecular weight is 242 g/mol. The number of ketones is 1. The summed E-state index contributed by atoms with van der Waals surface area (Å²) < 4.78 is 0. The molecular weight excluding hydrogens is 220 g/mol. The zero-order valence-corrected chi connectivity index (χ0v) is 11.0. The molecule has 0 atom stereocenters. The van der Waals surface area contributed by atoms with Crippen LogP contribution in [-0.2, 0) is 4.79 Å². The molecule has 96 valence electrons. The van der Waals surface area contributed by atoms with Gasteiger partial charge in [0.15, 0.2) is 0 Å². The maximum atomic E-state index is 11.4. The molecule has 0 aliphatic rings. The molecule has 0 saturated carbocycles. The van der Waals surface area contributed by atoms with Gasteiger partial charge in [0.1, 0.15) is 0 Å². The predicted octanol–water partition coefficient (Wildman–Crippen LogP) is 4.38. The van der Waals surface area contributed by atoms with E-state index < -0.39 is 0 Å². The van der Waals surface area contributed by atoms with Crippen molar-refractivity contribution in [1.82, 2.24) is 0 Å². The Hall–Kier alpha value is -1.81. The number of Topliss-reactive ketones (excluding diaryl/α,β-unsaturated/α-hetero) is 1. The molecule has 0 heterocycles. The number of hydrogen-bond acceptors (Lipinski definition) is 1. The second-order valence-corrected chi connectivity index (χ2v) is 3.84. The van der Waals surface area contributed by atoms with Crippen LogP contribution >= 0.6 is 0 Å². The first-order valence-corrected chi connectivity index (χ1v) is 6.38. The summed E-state index contributed by atoms with van der Waals surface area (Å²) >= 11 is 0. The molecule has 0 saturated heterocycles. The van der Waals surface area contributed by atoms with Crippen molar-refractivity contribution < 1.29 is 4.79 Å². The topological polar surface area (TPSA) is 17.1 Å². The smallest absolute Gasteiger partial charge is 0.205 e. The molecule has 1 nitrogen and oxygen atoms in total. The molecule has 0 fully saturated rings. The zero-order valence-electron chi connectivity index (χ0n) is 11.0. The Morgan fingerprint density at radius 2 is 1.61 bits per heavy atom. The number of carbonyl (C=O) groups excluding carboxylic acids is 1. The first-order chi connectivity index (χ1) is 8.81. The van der Waals surface area contributed by atoms with Crippen LogP contribution in [0.3, 0.4) is 0 Å². The van der Waals surface area contributed by atoms with Gasteiger partial charge in [-0.2, -0.15) is 0 Å². The quantitative estimate of drug-likeness (QED) is 0.254. The fourth-order valence-electron chi connectivity index (χ4n) is 1.30. The van der Waals surface area contributed by atoms with Crippen LogP contribution in [0.2, 0.25) is 0 Å². The summed E-state index contributed by atoms with van der Waals surface area (Å²) in [6.07, 6.45) is 16.5. The molecule has 0 aliphatic carbocycles. The second kappa shape index (κ2) is 13.3. The molecule has 0 bridgehead atoms. The van der Waals surface area contributed by atoms with E-state index in [2.05, 4.69) is 31.1 Å². The summed E-state index contributed by atoms with van der Waals surface area (Å²) in [5, 5.41) is 0. The second-order valence-electron chi connectivity index (χ2n) is 3.84. The van der Waals surface area contributed by atoms with E-state index in [1.54, 1.807) is 12.2 Å². The van der Waals surface area contributed by atoms with Gasteiger partial charge in [0.25, 0.3) is 0 Å². The first-order valence-electron chi connectivity index (χ1n) is 6.38. The van der Waals surface area contributed by atoms with Crippen LogP contribution in [0.1, 0.15) is 38.5 Å². The van der Waals surface area contributed by atoms with Gasteiger partial charge in [0.05, 0.1) is 0 Å². The monoisotopic (exact) mass is 242 g/mol. The Bertz CT molecular complexity index is 361. The highest BCUT2D eigenvalue weighted by atomic mass is 16.1. The highest BCUT2D eigenvalue weighted by Crippen LogP contribution is 1.98. The minimum Gasteiger partial charge on any atom is -0.285 e. The molecule has 1 heteroatoms. The van der Waals surface area contributed by atoms with Gasteiger partial charge in [0, 0.05) is 12.8 Å². The minimum absolute atomic E-state index is 0.0450. The van der Waals surface area contributed by atoms with E-state index in [4.69, 9.17) is 0 Å². The Morgan fingerprint density at radius 1 is 1.00 bits per heavy atom. The molecule has 0 radical (unpaired) electrons. The van der Waals surface area contributed by atoms with Crippen LogP contribution < -0.4 is 0 Å². The lowest BCUT2D eigenvalue weighted by atomic mass is 10.1. The molecule has 0 aromatic carbocycles. The van der Waals surface area contributed by atoms with E-state index in [-0.39, 0.29) is 5.78 Å². The number of allylic oxidation sites excluding steroid dienone is 6. The van der Waals surface area contributed by atoms with Gasteiger partial charge < -0.3 is 0 Å². The molecule has 0 aromatic rings. The highest BCUT2D eigenvalue weighted by molar-refractivity contribution is 5.95. The van der Waals surface area contributed by atoms with E-state index in [1.165, 1.54) is 0 Å². The lowest BCUT2D eigenvalue weighted by Crippen LogP contribution is -1.92. The van der Waals surface area contributed by atoms with Gasteiger partial charge in [-0.15, -0.1) is 0 Å². The van der Waals surface area contributed by atoms with Crippen molar-refractivity contribution in [2.45, 2.75) is 38.5 Å². The summed E-state index contributed by atoms with van der Waals surface area (Å²) in [6.45, 7) is 7.18. The van der Waals surface area contributed by atoms with Crippen LogP contribution in [-0.4, -0.2) is 5.78 Å². The van der Waals surface area contributed by atoms with E-state index >= 15 is 0 Å². The van der Waals surface area contributed by atoms with Gasteiger partial charge in [-0.3, -0.25) is 4.79 Å². The molecule has 0 aliphatic heterocycles. The summed E-state index contributed by atoms with van der Waals surface area (Å²) in [6, 6.07) is 0. The van der Waals surface area contributed by atoms with Gasteiger partial charge in [-0.1, -0.05) is 55.5 Å². The Kier molecular flexibility index (Phi) is 11.9. The molecule has 0 unspecified atom stereocenters. The van der Waals surface area contributed by atoms with Gasteiger partial charge >= 0.3 is 0 Å². The maximum absolute atomic E-state index is 11.4. The number of carbonyl (C=O) groups is 1. The number of unbranched alkanes of at least 4 members (excludes halogenated alkanes) is 3. The summed E-state index contributed by atoms with van der Waals surface area (Å²) in [5.74, 6) is 5.65. The van der Waals surface area contributed by atoms with Crippen LogP contribution in [0.15, 0.2) is 49.6 Å². The van der Waals surface area contributed by atoms with Crippen molar-refractivity contribution in [3.8, 4) is 11.8 Å².